The molecular weight excluding hydrogens is 264 g/mol. The van der Waals surface area contributed by atoms with Crippen molar-refractivity contribution in [3.8, 4) is 5.75 Å². The molecule has 1 unspecified atom stereocenters. The monoisotopic (exact) mass is 290 g/mol. The molecule has 1 aromatic carbocycles. The van der Waals surface area contributed by atoms with Crippen LogP contribution in [0.25, 0.3) is 0 Å². The number of phenolic OH excluding ortho intramolecular Hbond substituents is 1. The van der Waals surface area contributed by atoms with Gasteiger partial charge in [0.2, 0.25) is 5.91 Å². The van der Waals surface area contributed by atoms with E-state index < -0.39 is 6.04 Å². The van der Waals surface area contributed by atoms with Gasteiger partial charge < -0.3 is 16.2 Å². The number of aromatic hydroxyl groups is 1. The smallest absolute Gasteiger partial charge is 0.237 e. The zero-order valence-corrected chi connectivity index (χ0v) is 12.7. The zero-order chi connectivity index (χ0) is 15.2. The molecule has 4 nitrogen and oxygen atoms in total. The zero-order valence-electron chi connectivity index (χ0n) is 12.7. The molecule has 1 aliphatic rings. The van der Waals surface area contributed by atoms with E-state index in [1.165, 1.54) is 19.3 Å². The van der Waals surface area contributed by atoms with Crippen LogP contribution in [0.3, 0.4) is 0 Å². The predicted molar refractivity (Wildman–Crippen MR) is 84.0 cm³/mol. The topological polar surface area (TPSA) is 75.4 Å². The Kier molecular flexibility index (Phi) is 5.62. The van der Waals surface area contributed by atoms with E-state index in [1.54, 1.807) is 24.3 Å². The summed E-state index contributed by atoms with van der Waals surface area (Å²) in [7, 11) is 0. The van der Waals surface area contributed by atoms with Crippen molar-refractivity contribution < 1.29 is 9.90 Å². The summed E-state index contributed by atoms with van der Waals surface area (Å²) in [5, 5.41) is 12.3. The summed E-state index contributed by atoms with van der Waals surface area (Å²) in [6.45, 7) is 2.23. The molecular formula is C17H26N2O2. The second-order valence-corrected chi connectivity index (χ2v) is 6.11. The number of carbonyl (C=O) groups is 1. The van der Waals surface area contributed by atoms with Gasteiger partial charge in [-0.15, -0.1) is 0 Å². The Morgan fingerprint density at radius 3 is 2.48 bits per heavy atom. The fourth-order valence-corrected chi connectivity index (χ4v) is 3.00. The van der Waals surface area contributed by atoms with Gasteiger partial charge in [-0.05, 0) is 55.7 Å². The van der Waals surface area contributed by atoms with Crippen molar-refractivity contribution in [2.24, 2.45) is 11.7 Å². The van der Waals surface area contributed by atoms with Crippen LogP contribution in [-0.2, 0) is 11.2 Å². The van der Waals surface area contributed by atoms with Crippen LogP contribution < -0.4 is 11.1 Å². The lowest BCUT2D eigenvalue weighted by atomic mass is 9.84. The van der Waals surface area contributed by atoms with Gasteiger partial charge in [-0.2, -0.15) is 0 Å². The van der Waals surface area contributed by atoms with Crippen LogP contribution in [0.1, 0.15) is 44.6 Å². The Bertz CT molecular complexity index is 450. The van der Waals surface area contributed by atoms with Crippen LogP contribution in [0.15, 0.2) is 24.3 Å². The Morgan fingerprint density at radius 1 is 1.29 bits per heavy atom. The van der Waals surface area contributed by atoms with Gasteiger partial charge in [0.15, 0.2) is 0 Å². The van der Waals surface area contributed by atoms with Crippen molar-refractivity contribution in [3.63, 3.8) is 0 Å². The highest BCUT2D eigenvalue weighted by Crippen LogP contribution is 2.26. The second kappa shape index (κ2) is 7.46. The van der Waals surface area contributed by atoms with Crippen molar-refractivity contribution in [1.82, 2.24) is 5.32 Å². The minimum atomic E-state index is -0.529. The summed E-state index contributed by atoms with van der Waals surface area (Å²) in [6.07, 6.45) is 6.27. The lowest BCUT2D eigenvalue weighted by Crippen LogP contribution is -2.47. The largest absolute Gasteiger partial charge is 0.508 e. The summed E-state index contributed by atoms with van der Waals surface area (Å²) >= 11 is 0. The number of phenols is 1. The Balaban J connectivity index is 1.78. The van der Waals surface area contributed by atoms with Crippen LogP contribution in [0.5, 0.6) is 5.75 Å². The standard InChI is InChI=1S/C17H26N2O2/c1-2-12-3-7-14(8-4-12)19-17(21)16(18)11-13-5-9-15(20)10-6-13/h5-6,9-10,12,14,16,20H,2-4,7-8,11,18H2,1H3,(H,19,21). The fourth-order valence-electron chi connectivity index (χ4n) is 3.00. The van der Waals surface area contributed by atoms with Crippen LogP contribution in [-0.4, -0.2) is 23.1 Å². The molecule has 2 rings (SSSR count). The number of rotatable bonds is 5. The maximum Gasteiger partial charge on any atom is 0.237 e. The molecule has 0 aromatic heterocycles. The average Bonchev–Trinajstić information content (AvgIpc) is 2.50. The van der Waals surface area contributed by atoms with E-state index in [2.05, 4.69) is 12.2 Å². The highest BCUT2D eigenvalue weighted by Gasteiger charge is 2.23. The lowest BCUT2D eigenvalue weighted by molar-refractivity contribution is -0.123. The first-order valence-corrected chi connectivity index (χ1v) is 7.92. The minimum absolute atomic E-state index is 0.0666. The molecule has 0 spiro atoms. The molecule has 4 N–H and O–H groups in total. The Morgan fingerprint density at radius 2 is 1.90 bits per heavy atom. The molecule has 116 valence electrons. The van der Waals surface area contributed by atoms with E-state index in [4.69, 9.17) is 5.73 Å². The van der Waals surface area contributed by atoms with Gasteiger partial charge in [0.25, 0.3) is 0 Å². The van der Waals surface area contributed by atoms with Gasteiger partial charge >= 0.3 is 0 Å². The van der Waals surface area contributed by atoms with E-state index in [0.717, 1.165) is 24.3 Å². The molecule has 4 heteroatoms. The first kappa shape index (κ1) is 15.8. The summed E-state index contributed by atoms with van der Waals surface area (Å²) < 4.78 is 0. The van der Waals surface area contributed by atoms with Gasteiger partial charge in [0, 0.05) is 6.04 Å². The third-order valence-electron chi connectivity index (χ3n) is 4.50. The highest BCUT2D eigenvalue weighted by molar-refractivity contribution is 5.82. The highest BCUT2D eigenvalue weighted by atomic mass is 16.3. The number of nitrogens with one attached hydrogen (secondary N) is 1. The van der Waals surface area contributed by atoms with Gasteiger partial charge in [-0.1, -0.05) is 25.5 Å². The van der Waals surface area contributed by atoms with Crippen molar-refractivity contribution in [2.75, 3.05) is 0 Å². The molecule has 21 heavy (non-hydrogen) atoms. The molecule has 1 aliphatic carbocycles. The molecule has 1 aromatic rings. The lowest BCUT2D eigenvalue weighted by Gasteiger charge is -2.29. The quantitative estimate of drug-likeness (QED) is 0.779. The van der Waals surface area contributed by atoms with Crippen LogP contribution >= 0.6 is 0 Å². The number of carbonyl (C=O) groups excluding carboxylic acids is 1. The van der Waals surface area contributed by atoms with Crippen molar-refractivity contribution in [3.05, 3.63) is 29.8 Å². The minimum Gasteiger partial charge on any atom is -0.508 e. The van der Waals surface area contributed by atoms with Crippen molar-refractivity contribution in [1.29, 1.82) is 0 Å². The van der Waals surface area contributed by atoms with E-state index in [0.29, 0.717) is 6.42 Å². The second-order valence-electron chi connectivity index (χ2n) is 6.11. The predicted octanol–water partition coefficient (Wildman–Crippen LogP) is 2.35. The van der Waals surface area contributed by atoms with E-state index in [9.17, 15) is 9.90 Å². The van der Waals surface area contributed by atoms with Gasteiger partial charge in [0.05, 0.1) is 6.04 Å². The van der Waals surface area contributed by atoms with Crippen molar-refractivity contribution >= 4 is 5.91 Å². The van der Waals surface area contributed by atoms with Crippen LogP contribution in [0, 0.1) is 5.92 Å². The maximum atomic E-state index is 12.1. The van der Waals surface area contributed by atoms with Crippen LogP contribution in [0.4, 0.5) is 0 Å². The molecule has 1 saturated carbocycles. The summed E-state index contributed by atoms with van der Waals surface area (Å²) in [4.78, 5) is 12.1. The SMILES string of the molecule is CCC1CCC(NC(=O)C(N)Cc2ccc(O)cc2)CC1. The molecule has 1 amide bonds. The molecule has 1 atom stereocenters. The molecule has 0 radical (unpaired) electrons. The Labute approximate surface area is 126 Å². The summed E-state index contributed by atoms with van der Waals surface area (Å²) in [6, 6.07) is 6.59. The average molecular weight is 290 g/mol. The van der Waals surface area contributed by atoms with Gasteiger partial charge in [-0.3, -0.25) is 4.79 Å². The normalized spacial score (nSPS) is 23.5. The molecule has 1 fully saturated rings. The van der Waals surface area contributed by atoms with E-state index in [-0.39, 0.29) is 17.7 Å². The molecule has 0 saturated heterocycles. The number of amides is 1. The molecule has 0 bridgehead atoms. The van der Waals surface area contributed by atoms with Crippen molar-refractivity contribution in [2.45, 2.75) is 57.5 Å². The molecule has 0 aliphatic heterocycles. The first-order chi connectivity index (χ1) is 10.1. The number of hydrogen-bond donors (Lipinski definition) is 3. The number of benzene rings is 1. The van der Waals surface area contributed by atoms with E-state index >= 15 is 0 Å². The third-order valence-corrected chi connectivity index (χ3v) is 4.50. The maximum absolute atomic E-state index is 12.1. The number of nitrogens with two attached hydrogens (primary N) is 1. The van der Waals surface area contributed by atoms with Gasteiger partial charge in [0.1, 0.15) is 5.75 Å². The van der Waals surface area contributed by atoms with Gasteiger partial charge in [-0.25, -0.2) is 0 Å². The summed E-state index contributed by atoms with van der Waals surface area (Å²) in [5.41, 5.74) is 6.95. The summed E-state index contributed by atoms with van der Waals surface area (Å²) in [5.74, 6) is 0.983. The third kappa shape index (κ3) is 4.74. The van der Waals surface area contributed by atoms with Crippen LogP contribution in [0.2, 0.25) is 0 Å². The Hall–Kier alpha value is -1.55. The first-order valence-electron chi connectivity index (χ1n) is 7.92. The molecule has 0 heterocycles. The fraction of sp³-hybridized carbons (Fsp3) is 0.588. The number of hydrogen-bond acceptors (Lipinski definition) is 3. The van der Waals surface area contributed by atoms with E-state index in [1.807, 2.05) is 0 Å².